The lowest BCUT2D eigenvalue weighted by atomic mass is 10.3. The lowest BCUT2D eigenvalue weighted by Crippen LogP contribution is -2.35. The van der Waals surface area contributed by atoms with Crippen LogP contribution in [0.2, 0.25) is 0 Å². The summed E-state index contributed by atoms with van der Waals surface area (Å²) in [6.45, 7) is 0. The molecule has 4 nitrogen and oxygen atoms in total. The summed E-state index contributed by atoms with van der Waals surface area (Å²) in [4.78, 5) is 8.56. The van der Waals surface area contributed by atoms with Gasteiger partial charge in [0.25, 0.3) is 0 Å². The van der Waals surface area contributed by atoms with Crippen molar-refractivity contribution in [3.05, 3.63) is 48.7 Å². The standard InChI is InChI=1S/C12H10N4.2ClH/c1-2-5-10(6-3-1)16-12-11(14-9-15-16)7-4-8-13-12;;/h1-9H,(H,14,15);2*1H. The van der Waals surface area contributed by atoms with E-state index in [2.05, 4.69) is 15.4 Å². The van der Waals surface area contributed by atoms with Crippen molar-refractivity contribution in [1.82, 2.24) is 10.4 Å². The Morgan fingerprint density at radius 2 is 1.72 bits per heavy atom. The highest BCUT2D eigenvalue weighted by Gasteiger charge is 2.15. The fourth-order valence-corrected chi connectivity index (χ4v) is 1.65. The van der Waals surface area contributed by atoms with Gasteiger partial charge in [0.15, 0.2) is 5.82 Å². The Morgan fingerprint density at radius 1 is 0.944 bits per heavy atom. The summed E-state index contributed by atoms with van der Waals surface area (Å²) < 4.78 is 0. The molecule has 1 aromatic heterocycles. The Bertz CT molecular complexity index is 531. The summed E-state index contributed by atoms with van der Waals surface area (Å²) >= 11 is 0. The quantitative estimate of drug-likeness (QED) is 0.873. The van der Waals surface area contributed by atoms with Gasteiger partial charge in [0, 0.05) is 6.20 Å². The fourth-order valence-electron chi connectivity index (χ4n) is 1.65. The maximum absolute atomic E-state index is 4.33. The van der Waals surface area contributed by atoms with Crippen molar-refractivity contribution in [2.45, 2.75) is 0 Å². The normalized spacial score (nSPS) is 11.7. The van der Waals surface area contributed by atoms with Crippen molar-refractivity contribution in [2.24, 2.45) is 4.99 Å². The van der Waals surface area contributed by atoms with E-state index in [1.807, 2.05) is 47.5 Å². The zero-order valence-electron chi connectivity index (χ0n) is 9.35. The molecular formula is C12H12Cl2N4. The monoisotopic (exact) mass is 282 g/mol. The number of rotatable bonds is 1. The number of benzene rings is 1. The average molecular weight is 283 g/mol. The molecule has 18 heavy (non-hydrogen) atoms. The molecule has 0 aliphatic carbocycles. The van der Waals surface area contributed by atoms with Crippen LogP contribution < -0.4 is 10.4 Å². The van der Waals surface area contributed by atoms with Gasteiger partial charge in [0.05, 0.1) is 5.69 Å². The summed E-state index contributed by atoms with van der Waals surface area (Å²) in [5.74, 6) is 0.816. The maximum atomic E-state index is 4.33. The molecule has 0 bridgehead atoms. The van der Waals surface area contributed by atoms with Crippen molar-refractivity contribution in [2.75, 3.05) is 5.01 Å². The molecule has 0 radical (unpaired) electrons. The highest BCUT2D eigenvalue weighted by atomic mass is 35.5. The van der Waals surface area contributed by atoms with E-state index < -0.39 is 0 Å². The maximum Gasteiger partial charge on any atom is 0.178 e. The van der Waals surface area contributed by atoms with Crippen LogP contribution >= 0.6 is 24.8 Å². The number of hydrogen-bond donors (Lipinski definition) is 1. The molecule has 0 atom stereocenters. The van der Waals surface area contributed by atoms with Crippen LogP contribution in [0.25, 0.3) is 0 Å². The Balaban J connectivity index is 0.000000810. The van der Waals surface area contributed by atoms with Crippen molar-refractivity contribution >= 4 is 48.3 Å². The predicted octanol–water partition coefficient (Wildman–Crippen LogP) is 3.24. The van der Waals surface area contributed by atoms with Gasteiger partial charge in [-0.15, -0.1) is 24.8 Å². The summed E-state index contributed by atoms with van der Waals surface area (Å²) in [5, 5.41) is 1.91. The molecule has 1 aromatic carbocycles. The largest absolute Gasteiger partial charge is 0.282 e. The van der Waals surface area contributed by atoms with Gasteiger partial charge in [0.1, 0.15) is 12.0 Å². The SMILES string of the molecule is C1=Nc2cccnc2N(c2ccccc2)N1.Cl.Cl. The van der Waals surface area contributed by atoms with Gasteiger partial charge in [-0.3, -0.25) is 5.43 Å². The number of hydrogen-bond acceptors (Lipinski definition) is 4. The molecule has 1 aliphatic heterocycles. The third kappa shape index (κ3) is 2.55. The van der Waals surface area contributed by atoms with E-state index in [9.17, 15) is 0 Å². The number of nitrogens with one attached hydrogen (secondary N) is 1. The van der Waals surface area contributed by atoms with Crippen LogP contribution in [0.15, 0.2) is 53.7 Å². The van der Waals surface area contributed by atoms with E-state index in [4.69, 9.17) is 0 Å². The topological polar surface area (TPSA) is 40.5 Å². The van der Waals surface area contributed by atoms with Crippen molar-refractivity contribution < 1.29 is 0 Å². The van der Waals surface area contributed by atoms with Crippen LogP contribution in [0.5, 0.6) is 0 Å². The summed E-state index contributed by atoms with van der Waals surface area (Å²) in [6, 6.07) is 13.8. The number of para-hydroxylation sites is 1. The number of halogens is 2. The minimum Gasteiger partial charge on any atom is -0.282 e. The van der Waals surface area contributed by atoms with Crippen LogP contribution in [0.3, 0.4) is 0 Å². The first kappa shape index (κ1) is 14.3. The Labute approximate surface area is 118 Å². The van der Waals surface area contributed by atoms with E-state index >= 15 is 0 Å². The van der Waals surface area contributed by atoms with Gasteiger partial charge in [-0.25, -0.2) is 15.0 Å². The van der Waals surface area contributed by atoms with E-state index in [1.165, 1.54) is 0 Å². The lowest BCUT2D eigenvalue weighted by molar-refractivity contribution is 0.906. The van der Waals surface area contributed by atoms with E-state index in [-0.39, 0.29) is 24.8 Å². The molecule has 94 valence electrons. The Kier molecular flexibility index (Phi) is 4.95. The second kappa shape index (κ2) is 6.23. The zero-order chi connectivity index (χ0) is 10.8. The van der Waals surface area contributed by atoms with E-state index in [0.717, 1.165) is 17.2 Å². The molecule has 0 saturated heterocycles. The number of hydrazine groups is 1. The number of anilines is 2. The first-order chi connectivity index (χ1) is 7.95. The molecule has 6 heteroatoms. The van der Waals surface area contributed by atoms with Crippen molar-refractivity contribution in [3.63, 3.8) is 0 Å². The van der Waals surface area contributed by atoms with Crippen LogP contribution in [-0.2, 0) is 0 Å². The number of pyridine rings is 1. The molecular weight excluding hydrogens is 271 g/mol. The van der Waals surface area contributed by atoms with E-state index in [0.29, 0.717) is 0 Å². The lowest BCUT2D eigenvalue weighted by Gasteiger charge is -2.26. The zero-order valence-corrected chi connectivity index (χ0v) is 11.0. The van der Waals surface area contributed by atoms with Gasteiger partial charge in [-0.2, -0.15) is 0 Å². The highest BCUT2D eigenvalue weighted by Crippen LogP contribution is 2.31. The molecule has 0 saturated carbocycles. The third-order valence-corrected chi connectivity index (χ3v) is 2.38. The van der Waals surface area contributed by atoms with Gasteiger partial charge >= 0.3 is 0 Å². The Hall–Kier alpha value is -1.78. The molecule has 2 heterocycles. The van der Waals surface area contributed by atoms with Crippen LogP contribution in [-0.4, -0.2) is 11.3 Å². The molecule has 0 unspecified atom stereocenters. The van der Waals surface area contributed by atoms with Gasteiger partial charge in [-0.1, -0.05) is 18.2 Å². The van der Waals surface area contributed by atoms with Crippen molar-refractivity contribution in [1.29, 1.82) is 0 Å². The summed E-state index contributed by atoms with van der Waals surface area (Å²) in [5.41, 5.74) is 4.97. The van der Waals surface area contributed by atoms with Crippen LogP contribution in [0, 0.1) is 0 Å². The first-order valence-corrected chi connectivity index (χ1v) is 5.04. The first-order valence-electron chi connectivity index (χ1n) is 5.04. The predicted molar refractivity (Wildman–Crippen MR) is 78.6 cm³/mol. The molecule has 1 aliphatic rings. The highest BCUT2D eigenvalue weighted by molar-refractivity contribution is 5.85. The minimum absolute atomic E-state index is 0. The third-order valence-electron chi connectivity index (χ3n) is 2.38. The number of nitrogens with zero attached hydrogens (tertiary/aromatic N) is 3. The van der Waals surface area contributed by atoms with Crippen LogP contribution in [0.1, 0.15) is 0 Å². The Morgan fingerprint density at radius 3 is 2.50 bits per heavy atom. The van der Waals surface area contributed by atoms with Crippen molar-refractivity contribution in [3.8, 4) is 0 Å². The fraction of sp³-hybridized carbons (Fsp3) is 0. The summed E-state index contributed by atoms with van der Waals surface area (Å²) in [7, 11) is 0. The van der Waals surface area contributed by atoms with Crippen LogP contribution in [0.4, 0.5) is 17.2 Å². The average Bonchev–Trinajstić information content (AvgIpc) is 2.39. The van der Waals surface area contributed by atoms with Gasteiger partial charge < -0.3 is 0 Å². The smallest absolute Gasteiger partial charge is 0.178 e. The number of aliphatic imine (C=N–C) groups is 1. The molecule has 0 amide bonds. The molecule has 3 rings (SSSR count). The van der Waals surface area contributed by atoms with Gasteiger partial charge in [-0.05, 0) is 24.3 Å². The molecule has 0 fully saturated rings. The second-order valence-electron chi connectivity index (χ2n) is 3.40. The molecule has 1 N–H and O–H groups in total. The number of fused-ring (bicyclic) bond motifs is 1. The summed E-state index contributed by atoms with van der Waals surface area (Å²) in [6.07, 6.45) is 3.42. The minimum atomic E-state index is 0. The molecule has 0 spiro atoms. The van der Waals surface area contributed by atoms with E-state index in [1.54, 1.807) is 12.5 Å². The van der Waals surface area contributed by atoms with Gasteiger partial charge in [0.2, 0.25) is 0 Å². The second-order valence-corrected chi connectivity index (χ2v) is 3.40. The number of aromatic nitrogens is 1. The molecule has 2 aromatic rings.